The smallest absolute Gasteiger partial charge is 0.234 e. The van der Waals surface area contributed by atoms with E-state index in [1.54, 1.807) is 19.2 Å². The number of methoxy groups -OCH3 is 1. The molecule has 0 saturated heterocycles. The first-order valence-electron chi connectivity index (χ1n) is 8.76. The first-order valence-corrected chi connectivity index (χ1v) is 10.8. The number of benzene rings is 2. The third-order valence-electron chi connectivity index (χ3n) is 4.35. The lowest BCUT2D eigenvalue weighted by atomic mass is 9.87. The van der Waals surface area contributed by atoms with Crippen LogP contribution >= 0.6 is 34.4 Å². The van der Waals surface area contributed by atoms with Gasteiger partial charge in [0.1, 0.15) is 5.75 Å². The third-order valence-corrected chi connectivity index (χ3v) is 6.09. The second-order valence-corrected chi connectivity index (χ2v) is 8.51. The van der Waals surface area contributed by atoms with Gasteiger partial charge in [0.15, 0.2) is 0 Å². The van der Waals surface area contributed by atoms with E-state index in [9.17, 15) is 14.9 Å². The van der Waals surface area contributed by atoms with Crippen molar-refractivity contribution in [2.75, 3.05) is 18.2 Å². The van der Waals surface area contributed by atoms with Crippen LogP contribution in [0.15, 0.2) is 59.1 Å². The summed E-state index contributed by atoms with van der Waals surface area (Å²) in [7, 11) is 1.58. The Morgan fingerprint density at radius 2 is 1.97 bits per heavy atom. The number of nitrogens with one attached hydrogen (secondary N) is 2. The average Bonchev–Trinajstić information content (AvgIpc) is 2.73. The minimum Gasteiger partial charge on any atom is -0.497 e. The van der Waals surface area contributed by atoms with E-state index in [1.807, 2.05) is 36.4 Å². The van der Waals surface area contributed by atoms with Crippen LogP contribution in [0.3, 0.4) is 0 Å². The number of nitriles is 1. The molecule has 29 heavy (non-hydrogen) atoms. The lowest BCUT2D eigenvalue weighted by Gasteiger charge is -2.25. The highest BCUT2D eigenvalue weighted by Crippen LogP contribution is 2.36. The van der Waals surface area contributed by atoms with Gasteiger partial charge in [-0.2, -0.15) is 5.26 Å². The number of nitrogens with zero attached hydrogens (tertiary/aromatic N) is 1. The van der Waals surface area contributed by atoms with Crippen LogP contribution in [0.5, 0.6) is 5.75 Å². The summed E-state index contributed by atoms with van der Waals surface area (Å²) < 4.78 is 6.24. The number of carbonyl (C=O) groups is 2. The van der Waals surface area contributed by atoms with Gasteiger partial charge in [0, 0.05) is 21.6 Å². The quantitative estimate of drug-likeness (QED) is 0.563. The summed E-state index contributed by atoms with van der Waals surface area (Å²) in [5.74, 6) is 0.0641. The number of amides is 2. The molecule has 6 nitrogen and oxygen atoms in total. The molecule has 0 bridgehead atoms. The van der Waals surface area contributed by atoms with Gasteiger partial charge < -0.3 is 15.4 Å². The second kappa shape index (κ2) is 9.80. The second-order valence-electron chi connectivity index (χ2n) is 6.28. The third kappa shape index (κ3) is 5.52. The fourth-order valence-electron chi connectivity index (χ4n) is 2.92. The Hall–Kier alpha value is -2.51. The van der Waals surface area contributed by atoms with E-state index in [0.717, 1.165) is 20.9 Å². The van der Waals surface area contributed by atoms with Crippen molar-refractivity contribution in [1.29, 1.82) is 5.26 Å². The minimum atomic E-state index is -0.346. The molecule has 2 amide bonds. The van der Waals surface area contributed by atoms with Crippen molar-refractivity contribution in [2.24, 2.45) is 0 Å². The number of hydrogen-bond donors (Lipinski definition) is 2. The molecule has 0 aromatic heterocycles. The Morgan fingerprint density at radius 1 is 1.28 bits per heavy atom. The van der Waals surface area contributed by atoms with Gasteiger partial charge in [-0.1, -0.05) is 23.9 Å². The molecule has 2 aromatic rings. The van der Waals surface area contributed by atoms with E-state index in [2.05, 4.69) is 39.3 Å². The van der Waals surface area contributed by atoms with Crippen LogP contribution in [-0.2, 0) is 9.59 Å². The molecule has 1 aliphatic heterocycles. The van der Waals surface area contributed by atoms with Gasteiger partial charge in [0.25, 0.3) is 0 Å². The Labute approximate surface area is 186 Å². The lowest BCUT2D eigenvalue weighted by molar-refractivity contribution is -0.121. The van der Waals surface area contributed by atoms with Gasteiger partial charge in [-0.05, 0) is 64.6 Å². The molecular formula is C21H18IN3O3S. The van der Waals surface area contributed by atoms with Crippen molar-refractivity contribution in [1.82, 2.24) is 5.32 Å². The molecule has 0 radical (unpaired) electrons. The van der Waals surface area contributed by atoms with Gasteiger partial charge in [-0.3, -0.25) is 9.59 Å². The lowest BCUT2D eigenvalue weighted by Crippen LogP contribution is -2.31. The topological polar surface area (TPSA) is 91.2 Å². The Bertz CT molecular complexity index is 982. The van der Waals surface area contributed by atoms with E-state index in [0.29, 0.717) is 22.0 Å². The molecule has 0 spiro atoms. The number of ether oxygens (including phenoxy) is 1. The summed E-state index contributed by atoms with van der Waals surface area (Å²) in [5, 5.41) is 15.7. The highest BCUT2D eigenvalue weighted by Gasteiger charge is 2.29. The van der Waals surface area contributed by atoms with E-state index < -0.39 is 0 Å². The standard InChI is InChI=1S/C21H18IN3O3S/c1-28-16-8-2-13(3-9-16)17-10-19(26)25-21(18(17)11-23)29-12-20(27)24-15-6-4-14(22)5-7-15/h2-9,17H,10,12H2,1H3,(H,24,27)(H,25,26)/t17-/m1/s1. The number of anilines is 1. The molecule has 0 aliphatic carbocycles. The Kier molecular flexibility index (Phi) is 7.17. The van der Waals surface area contributed by atoms with E-state index in [4.69, 9.17) is 4.74 Å². The van der Waals surface area contributed by atoms with Crippen LogP contribution in [0.25, 0.3) is 0 Å². The summed E-state index contributed by atoms with van der Waals surface area (Å²) in [5.41, 5.74) is 2.02. The Balaban J connectivity index is 1.73. The first kappa shape index (κ1) is 21.2. The zero-order chi connectivity index (χ0) is 20.8. The SMILES string of the molecule is COc1ccc([C@H]2CC(=O)NC(SCC(=O)Nc3ccc(I)cc3)=C2C#N)cc1. The highest BCUT2D eigenvalue weighted by atomic mass is 127. The van der Waals surface area contributed by atoms with Gasteiger partial charge in [-0.15, -0.1) is 0 Å². The first-order chi connectivity index (χ1) is 14.0. The van der Waals surface area contributed by atoms with E-state index in [1.165, 1.54) is 0 Å². The normalized spacial score (nSPS) is 16.0. The maximum Gasteiger partial charge on any atom is 0.234 e. The predicted octanol–water partition coefficient (Wildman–Crippen LogP) is 4.01. The van der Waals surface area contributed by atoms with Crippen LogP contribution in [-0.4, -0.2) is 24.7 Å². The molecule has 8 heteroatoms. The molecule has 0 unspecified atom stereocenters. The summed E-state index contributed by atoms with van der Waals surface area (Å²) in [4.78, 5) is 24.5. The summed E-state index contributed by atoms with van der Waals surface area (Å²) in [6, 6.07) is 17.0. The number of rotatable bonds is 6. The Morgan fingerprint density at radius 3 is 2.59 bits per heavy atom. The van der Waals surface area contributed by atoms with Crippen LogP contribution in [0.1, 0.15) is 17.9 Å². The monoisotopic (exact) mass is 519 g/mol. The summed E-state index contributed by atoms with van der Waals surface area (Å²) in [6.07, 6.45) is 0.189. The van der Waals surface area contributed by atoms with Gasteiger partial charge in [0.2, 0.25) is 11.8 Å². The number of allylic oxidation sites excluding steroid dienone is 1. The number of thioether (sulfide) groups is 1. The minimum absolute atomic E-state index is 0.0854. The maximum atomic E-state index is 12.3. The van der Waals surface area contributed by atoms with Crippen molar-refractivity contribution in [3.05, 3.63) is 68.3 Å². The maximum absolute atomic E-state index is 12.3. The molecule has 0 saturated carbocycles. The van der Waals surface area contributed by atoms with Gasteiger partial charge in [0.05, 0.1) is 29.5 Å². The molecule has 1 aliphatic rings. The fourth-order valence-corrected chi connectivity index (χ4v) is 4.16. The summed E-state index contributed by atoms with van der Waals surface area (Å²) in [6.45, 7) is 0. The zero-order valence-corrected chi connectivity index (χ0v) is 18.5. The van der Waals surface area contributed by atoms with Crippen LogP contribution in [0.4, 0.5) is 5.69 Å². The molecule has 3 rings (SSSR count). The van der Waals surface area contributed by atoms with Crippen molar-refractivity contribution in [3.8, 4) is 11.8 Å². The largest absolute Gasteiger partial charge is 0.497 e. The number of halogens is 1. The molecule has 2 aromatic carbocycles. The molecule has 0 fully saturated rings. The average molecular weight is 519 g/mol. The van der Waals surface area contributed by atoms with Crippen molar-refractivity contribution < 1.29 is 14.3 Å². The molecule has 2 N–H and O–H groups in total. The van der Waals surface area contributed by atoms with E-state index >= 15 is 0 Å². The van der Waals surface area contributed by atoms with Gasteiger partial charge in [-0.25, -0.2) is 0 Å². The number of carbonyl (C=O) groups excluding carboxylic acids is 2. The van der Waals surface area contributed by atoms with Crippen molar-refractivity contribution in [2.45, 2.75) is 12.3 Å². The van der Waals surface area contributed by atoms with Gasteiger partial charge >= 0.3 is 0 Å². The predicted molar refractivity (Wildman–Crippen MR) is 121 cm³/mol. The van der Waals surface area contributed by atoms with E-state index in [-0.39, 0.29) is 29.9 Å². The number of hydrogen-bond acceptors (Lipinski definition) is 5. The molecule has 1 heterocycles. The molecule has 148 valence electrons. The molecular weight excluding hydrogens is 501 g/mol. The fraction of sp³-hybridized carbons (Fsp3) is 0.190. The summed E-state index contributed by atoms with van der Waals surface area (Å²) >= 11 is 3.35. The van der Waals surface area contributed by atoms with Crippen LogP contribution in [0.2, 0.25) is 0 Å². The van der Waals surface area contributed by atoms with Crippen LogP contribution < -0.4 is 15.4 Å². The molecule has 1 atom stereocenters. The highest BCUT2D eigenvalue weighted by molar-refractivity contribution is 14.1. The zero-order valence-electron chi connectivity index (χ0n) is 15.6. The van der Waals surface area contributed by atoms with Crippen molar-refractivity contribution >= 4 is 51.9 Å². The van der Waals surface area contributed by atoms with Crippen LogP contribution in [0, 0.1) is 14.9 Å². The van der Waals surface area contributed by atoms with Crippen molar-refractivity contribution in [3.63, 3.8) is 0 Å².